The van der Waals surface area contributed by atoms with E-state index in [1.54, 1.807) is 12.1 Å². The molecule has 0 aliphatic carbocycles. The normalized spacial score (nSPS) is 8.00. The van der Waals surface area contributed by atoms with Gasteiger partial charge in [0.05, 0.1) is 0 Å². The average Bonchev–Trinajstić information content (AvgIpc) is 1.72. The minimum atomic E-state index is 1.79. The van der Waals surface area contributed by atoms with Crippen LogP contribution in [-0.4, -0.2) is 0 Å². The molecule has 0 nitrogen and oxygen atoms in total. The van der Waals surface area contributed by atoms with Gasteiger partial charge in [0.1, 0.15) is 0 Å². The molecule has 1 rings (SSSR count). The predicted molar refractivity (Wildman–Crippen MR) is 22.9 cm³/mol. The summed E-state index contributed by atoms with van der Waals surface area (Å²) < 4.78 is 0. The fourth-order valence-corrected chi connectivity index (χ4v) is 0.269. The lowest BCUT2D eigenvalue weighted by Gasteiger charge is -1.66. The lowest BCUT2D eigenvalue weighted by molar-refractivity contribution is 1.66. The zero-order valence-electron chi connectivity index (χ0n) is 3.23. The van der Waals surface area contributed by atoms with Crippen LogP contribution in [0.15, 0.2) is 18.2 Å². The maximum absolute atomic E-state index is 2.71. The molecular formula is C6H3. The monoisotopic (exact) mass is 75.0 g/mol. The van der Waals surface area contributed by atoms with E-state index in [1.165, 1.54) is 0 Å². The predicted octanol–water partition coefficient (Wildman–Crippen LogP) is 1.09. The van der Waals surface area contributed by atoms with Gasteiger partial charge >= 0.3 is 0 Å². The molecule has 0 N–H and O–H groups in total. The standard InChI is InChI=1S/C6H3/c1-2-4-6-5-3-1/h1-3H. The molecule has 0 aliphatic heterocycles. The number of rotatable bonds is 0. The molecule has 27 valence electrons. The summed E-state index contributed by atoms with van der Waals surface area (Å²) in [6.07, 6.45) is 0. The van der Waals surface area contributed by atoms with Crippen LogP contribution in [0, 0.1) is 18.2 Å². The van der Waals surface area contributed by atoms with Gasteiger partial charge in [-0.1, -0.05) is 18.2 Å². The third-order valence-corrected chi connectivity index (χ3v) is 0.503. The van der Waals surface area contributed by atoms with E-state index in [1.807, 2.05) is 6.07 Å². The summed E-state index contributed by atoms with van der Waals surface area (Å²) >= 11 is 0. The van der Waals surface area contributed by atoms with E-state index < -0.39 is 0 Å². The minimum absolute atomic E-state index is 1.79. The van der Waals surface area contributed by atoms with Crippen molar-refractivity contribution >= 4 is 0 Å². The second-order valence-corrected chi connectivity index (χ2v) is 0.939. The van der Waals surface area contributed by atoms with Crippen LogP contribution in [0.1, 0.15) is 0 Å². The molecule has 0 saturated heterocycles. The van der Waals surface area contributed by atoms with E-state index >= 15 is 0 Å². The Hall–Kier alpha value is -0.780. The minimum Gasteiger partial charge on any atom is -0.0610 e. The van der Waals surface area contributed by atoms with E-state index in [-0.39, 0.29) is 0 Å². The first-order valence-electron chi connectivity index (χ1n) is 1.74. The van der Waals surface area contributed by atoms with Crippen LogP contribution in [0.25, 0.3) is 0 Å². The van der Waals surface area contributed by atoms with Crippen LogP contribution in [0.2, 0.25) is 0 Å². The Morgan fingerprint density at radius 1 is 1.00 bits per heavy atom. The molecule has 3 radical (unpaired) electrons. The lowest BCUT2D eigenvalue weighted by atomic mass is 10.4. The van der Waals surface area contributed by atoms with Gasteiger partial charge in [-0.25, -0.2) is 0 Å². The second-order valence-electron chi connectivity index (χ2n) is 0.939. The van der Waals surface area contributed by atoms with Gasteiger partial charge in [0.15, 0.2) is 0 Å². The van der Waals surface area contributed by atoms with Gasteiger partial charge < -0.3 is 0 Å². The molecule has 0 atom stereocenters. The van der Waals surface area contributed by atoms with Gasteiger partial charge in [-0.15, -0.1) is 0 Å². The summed E-state index contributed by atoms with van der Waals surface area (Å²) in [5, 5.41) is 0. The SMILES string of the molecule is [c]1[c]ccc[c]1. The van der Waals surface area contributed by atoms with Crippen molar-refractivity contribution in [3.63, 3.8) is 0 Å². The summed E-state index contributed by atoms with van der Waals surface area (Å²) in [6.45, 7) is 0. The van der Waals surface area contributed by atoms with Crippen molar-refractivity contribution < 1.29 is 0 Å². The fourth-order valence-electron chi connectivity index (χ4n) is 0.269. The van der Waals surface area contributed by atoms with Gasteiger partial charge in [-0.2, -0.15) is 0 Å². The highest BCUT2D eigenvalue weighted by molar-refractivity contribution is 4.94. The molecule has 6 heavy (non-hydrogen) atoms. The van der Waals surface area contributed by atoms with Gasteiger partial charge in [0, 0.05) is 0 Å². The number of hydrogen-bond donors (Lipinski definition) is 0. The summed E-state index contributed by atoms with van der Waals surface area (Å²) in [7, 11) is 0. The van der Waals surface area contributed by atoms with Crippen LogP contribution in [0.5, 0.6) is 0 Å². The van der Waals surface area contributed by atoms with Gasteiger partial charge in [0.2, 0.25) is 0 Å². The fraction of sp³-hybridized carbons (Fsp3) is 0. The van der Waals surface area contributed by atoms with Crippen LogP contribution in [-0.2, 0) is 0 Å². The molecule has 0 unspecified atom stereocenters. The van der Waals surface area contributed by atoms with Gasteiger partial charge in [-0.05, 0) is 18.2 Å². The summed E-state index contributed by atoms with van der Waals surface area (Å²) in [4.78, 5) is 0. The van der Waals surface area contributed by atoms with Crippen molar-refractivity contribution in [1.82, 2.24) is 0 Å². The summed E-state index contributed by atoms with van der Waals surface area (Å²) in [6, 6.07) is 13.5. The Balaban J connectivity index is 3.00. The number of hydrogen-bond acceptors (Lipinski definition) is 0. The molecule has 0 fully saturated rings. The van der Waals surface area contributed by atoms with Gasteiger partial charge in [-0.3, -0.25) is 0 Å². The van der Waals surface area contributed by atoms with Crippen molar-refractivity contribution in [2.75, 3.05) is 0 Å². The quantitative estimate of drug-likeness (QED) is 0.433. The first-order chi connectivity index (χ1) is 3.00. The molecule has 0 aromatic heterocycles. The first kappa shape index (κ1) is 3.41. The van der Waals surface area contributed by atoms with Crippen LogP contribution < -0.4 is 0 Å². The van der Waals surface area contributed by atoms with Crippen molar-refractivity contribution in [1.29, 1.82) is 0 Å². The molecule has 1 aromatic carbocycles. The highest BCUT2D eigenvalue weighted by Crippen LogP contribution is 1.76. The lowest BCUT2D eigenvalue weighted by Crippen LogP contribution is -1.51. The molecule has 0 aliphatic rings. The molecule has 0 heteroatoms. The zero-order chi connectivity index (χ0) is 4.24. The van der Waals surface area contributed by atoms with Crippen molar-refractivity contribution in [3.8, 4) is 0 Å². The second kappa shape index (κ2) is 1.61. The first-order valence-corrected chi connectivity index (χ1v) is 1.74. The molecule has 0 bridgehead atoms. The van der Waals surface area contributed by atoms with Gasteiger partial charge in [0.25, 0.3) is 0 Å². The van der Waals surface area contributed by atoms with E-state index in [9.17, 15) is 0 Å². The van der Waals surface area contributed by atoms with Crippen LogP contribution in [0.4, 0.5) is 0 Å². The Bertz CT molecular complexity index is 72.0. The Kier molecular flexibility index (Phi) is 0.913. The van der Waals surface area contributed by atoms with E-state index in [4.69, 9.17) is 0 Å². The molecule has 0 spiro atoms. The smallest absolute Gasteiger partial charge is 0.00139 e. The zero-order valence-corrected chi connectivity index (χ0v) is 3.23. The Morgan fingerprint density at radius 3 is 1.83 bits per heavy atom. The number of benzene rings is 1. The summed E-state index contributed by atoms with van der Waals surface area (Å²) in [5.74, 6) is 0. The Morgan fingerprint density at radius 2 is 1.67 bits per heavy atom. The van der Waals surface area contributed by atoms with E-state index in [0.717, 1.165) is 0 Å². The molecule has 1 aromatic rings. The molecule has 0 heterocycles. The third-order valence-electron chi connectivity index (χ3n) is 0.503. The molecule has 0 saturated carbocycles. The van der Waals surface area contributed by atoms with Crippen LogP contribution >= 0.6 is 0 Å². The topological polar surface area (TPSA) is 0 Å². The highest BCUT2D eigenvalue weighted by Gasteiger charge is 1.61. The molecular weight excluding hydrogens is 72.1 g/mol. The highest BCUT2D eigenvalue weighted by atomic mass is 13.6. The van der Waals surface area contributed by atoms with E-state index in [0.29, 0.717) is 0 Å². The third kappa shape index (κ3) is 0.582. The maximum Gasteiger partial charge on any atom is -0.00139 e. The maximum atomic E-state index is 2.71. The van der Waals surface area contributed by atoms with Crippen molar-refractivity contribution in [3.05, 3.63) is 36.4 Å². The van der Waals surface area contributed by atoms with Crippen molar-refractivity contribution in [2.24, 2.45) is 0 Å². The van der Waals surface area contributed by atoms with E-state index in [2.05, 4.69) is 18.2 Å². The summed E-state index contributed by atoms with van der Waals surface area (Å²) in [5.41, 5.74) is 0. The van der Waals surface area contributed by atoms with Crippen LogP contribution in [0.3, 0.4) is 0 Å². The molecule has 0 amide bonds. The Labute approximate surface area is 37.4 Å². The van der Waals surface area contributed by atoms with Crippen molar-refractivity contribution in [2.45, 2.75) is 0 Å². The average molecular weight is 75.1 g/mol. The largest absolute Gasteiger partial charge is 0.0610 e.